The fraction of sp³-hybridized carbons (Fsp3) is 0.211. The van der Waals surface area contributed by atoms with E-state index in [0.29, 0.717) is 17.9 Å². The first-order valence-electron chi connectivity index (χ1n) is 8.23. The van der Waals surface area contributed by atoms with Gasteiger partial charge in [0.1, 0.15) is 12.0 Å². The minimum absolute atomic E-state index is 0.124. The number of hydrogen-bond acceptors (Lipinski definition) is 4. The van der Waals surface area contributed by atoms with Crippen LogP contribution in [-0.4, -0.2) is 20.7 Å². The van der Waals surface area contributed by atoms with Crippen molar-refractivity contribution in [2.45, 2.75) is 26.6 Å². The van der Waals surface area contributed by atoms with Crippen molar-refractivity contribution in [3.05, 3.63) is 76.7 Å². The highest BCUT2D eigenvalue weighted by atomic mass is 16.2. The lowest BCUT2D eigenvalue weighted by atomic mass is 10.1. The number of nitrogens with one attached hydrogen (secondary N) is 2. The van der Waals surface area contributed by atoms with Crippen molar-refractivity contribution in [2.24, 2.45) is 0 Å². The van der Waals surface area contributed by atoms with Gasteiger partial charge in [0.15, 0.2) is 0 Å². The second-order valence-corrected chi connectivity index (χ2v) is 6.18. The summed E-state index contributed by atoms with van der Waals surface area (Å²) in [5, 5.41) is 11.0. The zero-order valence-electron chi connectivity index (χ0n) is 14.2. The van der Waals surface area contributed by atoms with Crippen molar-refractivity contribution in [1.29, 1.82) is 0 Å². The molecule has 6 nitrogen and oxygen atoms in total. The van der Waals surface area contributed by atoms with Gasteiger partial charge in [-0.15, -0.1) is 0 Å². The Hall–Kier alpha value is -3.15. The van der Waals surface area contributed by atoms with Gasteiger partial charge in [-0.2, -0.15) is 5.10 Å². The van der Waals surface area contributed by atoms with E-state index in [-0.39, 0.29) is 12.1 Å². The molecule has 0 aliphatic carbocycles. The van der Waals surface area contributed by atoms with Gasteiger partial charge in [-0.1, -0.05) is 30.3 Å². The molecule has 0 saturated heterocycles. The van der Waals surface area contributed by atoms with Crippen LogP contribution in [-0.2, 0) is 6.54 Å². The van der Waals surface area contributed by atoms with Gasteiger partial charge in [-0.05, 0) is 31.5 Å². The van der Waals surface area contributed by atoms with Gasteiger partial charge in [-0.3, -0.25) is 9.48 Å². The maximum absolute atomic E-state index is 12.4. The van der Waals surface area contributed by atoms with Crippen molar-refractivity contribution in [3.8, 4) is 0 Å². The average Bonchev–Trinajstić information content (AvgIpc) is 2.89. The van der Waals surface area contributed by atoms with Crippen LogP contribution < -0.4 is 10.6 Å². The zero-order chi connectivity index (χ0) is 17.4. The largest absolute Gasteiger partial charge is 0.345 e. The number of amides is 1. The molecule has 25 heavy (non-hydrogen) atoms. The third-order valence-corrected chi connectivity index (χ3v) is 4.51. The number of anilines is 1. The molecule has 6 heteroatoms. The number of aryl methyl sites for hydroxylation is 1. The van der Waals surface area contributed by atoms with Crippen molar-refractivity contribution >= 4 is 11.7 Å². The van der Waals surface area contributed by atoms with Crippen molar-refractivity contribution < 1.29 is 4.79 Å². The summed E-state index contributed by atoms with van der Waals surface area (Å²) in [6, 6.07) is 13.7. The standard InChI is InChI=1S/C19H19N5O/c1-12-16(13(2)24(23-12)11-14-7-4-3-5-8-14)18-21-17-15(19(25)22-18)9-6-10-20-17/h3-10,18H,11H2,1-2H3,(H,20,21)(H,22,25). The Labute approximate surface area is 145 Å². The first-order chi connectivity index (χ1) is 12.1. The fourth-order valence-electron chi connectivity index (χ4n) is 3.27. The fourth-order valence-corrected chi connectivity index (χ4v) is 3.27. The maximum Gasteiger partial charge on any atom is 0.256 e. The minimum atomic E-state index is -0.334. The van der Waals surface area contributed by atoms with Crippen LogP contribution in [0.2, 0.25) is 0 Å². The van der Waals surface area contributed by atoms with Crippen LogP contribution in [0, 0.1) is 13.8 Å². The summed E-state index contributed by atoms with van der Waals surface area (Å²) in [5.74, 6) is 0.479. The van der Waals surface area contributed by atoms with Gasteiger partial charge in [-0.25, -0.2) is 4.98 Å². The molecular formula is C19H19N5O. The van der Waals surface area contributed by atoms with E-state index in [1.165, 1.54) is 5.56 Å². The van der Waals surface area contributed by atoms with E-state index in [2.05, 4.69) is 32.8 Å². The molecule has 0 bridgehead atoms. The van der Waals surface area contributed by atoms with Gasteiger partial charge >= 0.3 is 0 Å². The highest BCUT2D eigenvalue weighted by molar-refractivity contribution is 6.00. The van der Waals surface area contributed by atoms with Crippen LogP contribution in [0.25, 0.3) is 0 Å². The molecule has 2 aromatic heterocycles. The van der Waals surface area contributed by atoms with Gasteiger partial charge in [0.2, 0.25) is 0 Å². The Morgan fingerprint density at radius 3 is 2.68 bits per heavy atom. The molecule has 1 aliphatic rings. The van der Waals surface area contributed by atoms with Crippen LogP contribution in [0.1, 0.15) is 39.0 Å². The summed E-state index contributed by atoms with van der Waals surface area (Å²) in [7, 11) is 0. The monoisotopic (exact) mass is 333 g/mol. The van der Waals surface area contributed by atoms with Gasteiger partial charge in [0, 0.05) is 17.5 Å². The number of fused-ring (bicyclic) bond motifs is 1. The van der Waals surface area contributed by atoms with Crippen molar-refractivity contribution in [3.63, 3.8) is 0 Å². The summed E-state index contributed by atoms with van der Waals surface area (Å²) in [4.78, 5) is 16.7. The molecule has 1 amide bonds. The quantitative estimate of drug-likeness (QED) is 0.773. The molecular weight excluding hydrogens is 314 g/mol. The second-order valence-electron chi connectivity index (χ2n) is 6.18. The van der Waals surface area contributed by atoms with Crippen molar-refractivity contribution in [1.82, 2.24) is 20.1 Å². The van der Waals surface area contributed by atoms with Crippen LogP contribution in [0.3, 0.4) is 0 Å². The molecule has 1 aromatic carbocycles. The molecule has 0 fully saturated rings. The topological polar surface area (TPSA) is 71.8 Å². The molecule has 3 heterocycles. The van der Waals surface area contributed by atoms with Crippen LogP contribution in [0.15, 0.2) is 48.7 Å². The maximum atomic E-state index is 12.4. The summed E-state index contributed by atoms with van der Waals surface area (Å²) in [5.41, 5.74) is 4.66. The number of carbonyl (C=O) groups excluding carboxylic acids is 1. The molecule has 1 aliphatic heterocycles. The van der Waals surface area contributed by atoms with Crippen LogP contribution in [0.5, 0.6) is 0 Å². The van der Waals surface area contributed by atoms with Gasteiger partial charge in [0.05, 0.1) is 17.8 Å². The Balaban J connectivity index is 1.67. The Kier molecular flexibility index (Phi) is 3.72. The lowest BCUT2D eigenvalue weighted by Crippen LogP contribution is -2.39. The molecule has 126 valence electrons. The van der Waals surface area contributed by atoms with E-state index >= 15 is 0 Å². The highest BCUT2D eigenvalue weighted by Crippen LogP contribution is 2.28. The van der Waals surface area contributed by atoms with E-state index < -0.39 is 0 Å². The number of aromatic nitrogens is 3. The number of nitrogens with zero attached hydrogens (tertiary/aromatic N) is 3. The Morgan fingerprint density at radius 1 is 1.08 bits per heavy atom. The number of hydrogen-bond donors (Lipinski definition) is 2. The third-order valence-electron chi connectivity index (χ3n) is 4.51. The molecule has 3 aromatic rings. The molecule has 0 radical (unpaired) electrons. The number of benzene rings is 1. The van der Waals surface area contributed by atoms with E-state index in [9.17, 15) is 4.79 Å². The zero-order valence-corrected chi connectivity index (χ0v) is 14.2. The summed E-state index contributed by atoms with van der Waals surface area (Å²) >= 11 is 0. The Bertz CT molecular complexity index is 932. The summed E-state index contributed by atoms with van der Waals surface area (Å²) < 4.78 is 1.97. The first-order valence-corrected chi connectivity index (χ1v) is 8.23. The lowest BCUT2D eigenvalue weighted by molar-refractivity contribution is 0.0935. The smallest absolute Gasteiger partial charge is 0.256 e. The average molecular weight is 333 g/mol. The van der Waals surface area contributed by atoms with E-state index in [1.807, 2.05) is 36.7 Å². The van der Waals surface area contributed by atoms with Crippen LogP contribution in [0.4, 0.5) is 5.82 Å². The lowest BCUT2D eigenvalue weighted by Gasteiger charge is -2.27. The summed E-state index contributed by atoms with van der Waals surface area (Å²) in [6.07, 6.45) is 1.35. The number of rotatable bonds is 3. The van der Waals surface area contributed by atoms with E-state index in [0.717, 1.165) is 17.0 Å². The third kappa shape index (κ3) is 2.76. The predicted molar refractivity (Wildman–Crippen MR) is 95.3 cm³/mol. The SMILES string of the molecule is Cc1nn(Cc2ccccc2)c(C)c1C1NC(=O)c2cccnc2N1. The van der Waals surface area contributed by atoms with E-state index in [4.69, 9.17) is 0 Å². The number of carbonyl (C=O) groups is 1. The molecule has 2 N–H and O–H groups in total. The predicted octanol–water partition coefficient (Wildman–Crippen LogP) is 2.80. The molecule has 0 saturated carbocycles. The first kappa shape index (κ1) is 15.4. The van der Waals surface area contributed by atoms with Crippen molar-refractivity contribution in [2.75, 3.05) is 5.32 Å². The minimum Gasteiger partial charge on any atom is -0.345 e. The normalized spacial score (nSPS) is 16.1. The Morgan fingerprint density at radius 2 is 1.88 bits per heavy atom. The molecule has 0 spiro atoms. The van der Waals surface area contributed by atoms with Crippen LogP contribution >= 0.6 is 0 Å². The highest BCUT2D eigenvalue weighted by Gasteiger charge is 2.29. The second kappa shape index (κ2) is 6.05. The van der Waals surface area contributed by atoms with E-state index in [1.54, 1.807) is 18.3 Å². The van der Waals surface area contributed by atoms with Gasteiger partial charge in [0.25, 0.3) is 5.91 Å². The molecule has 1 atom stereocenters. The number of pyridine rings is 1. The molecule has 4 rings (SSSR count). The molecule has 1 unspecified atom stereocenters. The summed E-state index contributed by atoms with van der Waals surface area (Å²) in [6.45, 7) is 4.69. The van der Waals surface area contributed by atoms with Gasteiger partial charge < -0.3 is 10.6 Å².